The smallest absolute Gasteiger partial charge is 0.333 e. The van der Waals surface area contributed by atoms with Crippen LogP contribution in [0.4, 0.5) is 0 Å². The first-order chi connectivity index (χ1) is 19.9. The molecule has 4 aromatic rings. The van der Waals surface area contributed by atoms with Gasteiger partial charge < -0.3 is 15.0 Å². The summed E-state index contributed by atoms with van der Waals surface area (Å²) >= 11 is 7.66. The maximum Gasteiger partial charge on any atom is 0.333 e. The third-order valence-corrected chi connectivity index (χ3v) is 10.8. The van der Waals surface area contributed by atoms with Crippen LogP contribution in [-0.2, 0) is 32.1 Å². The van der Waals surface area contributed by atoms with Crippen LogP contribution < -0.4 is 5.32 Å². The molecule has 11 heteroatoms. The van der Waals surface area contributed by atoms with Crippen LogP contribution >= 0.6 is 44.5 Å². The van der Waals surface area contributed by atoms with E-state index in [9.17, 15) is 14.4 Å². The molecule has 3 atom stereocenters. The molecule has 2 amide bonds. The highest BCUT2D eigenvalue weighted by Gasteiger charge is 2.54. The standard InChI is InChI=1S/C30H26ClN3O4S3/c1-19(17-31)26(29(37)38-18-21-12-6-3-7-13-21)34-27(36)25(33-24(35)16-20-10-4-2-5-11-20)28(34)40-41-30-32-22-14-8-9-15-23(22)39-30/h2-15,25-26,28H,1,16-18H2,(H,33,35). The summed E-state index contributed by atoms with van der Waals surface area (Å²) in [6.45, 7) is 4.01. The zero-order valence-corrected chi connectivity index (χ0v) is 25.0. The van der Waals surface area contributed by atoms with Crippen LogP contribution in [-0.4, -0.2) is 51.0 Å². The summed E-state index contributed by atoms with van der Waals surface area (Å²) in [5.74, 6) is -1.36. The van der Waals surface area contributed by atoms with E-state index < -0.39 is 29.3 Å². The second kappa shape index (κ2) is 13.6. The number of fused-ring (bicyclic) bond motifs is 1. The van der Waals surface area contributed by atoms with Gasteiger partial charge in [-0.25, -0.2) is 9.78 Å². The topological polar surface area (TPSA) is 88.6 Å². The number of benzene rings is 3. The monoisotopic (exact) mass is 623 g/mol. The van der Waals surface area contributed by atoms with Crippen molar-refractivity contribution in [1.82, 2.24) is 15.2 Å². The van der Waals surface area contributed by atoms with Crippen LogP contribution in [0.2, 0.25) is 0 Å². The van der Waals surface area contributed by atoms with E-state index >= 15 is 0 Å². The van der Waals surface area contributed by atoms with E-state index in [2.05, 4.69) is 16.9 Å². The number of β-lactam (4-membered cyclic amide) rings is 1. The first kappa shape index (κ1) is 29.2. The Morgan fingerprint density at radius 2 is 1.68 bits per heavy atom. The summed E-state index contributed by atoms with van der Waals surface area (Å²) in [5.41, 5.74) is 2.87. The molecule has 5 rings (SSSR count). The number of nitrogens with zero attached hydrogens (tertiary/aromatic N) is 2. The van der Waals surface area contributed by atoms with E-state index in [4.69, 9.17) is 16.3 Å². The number of hydrogen-bond acceptors (Lipinski definition) is 8. The zero-order valence-electron chi connectivity index (χ0n) is 21.8. The lowest BCUT2D eigenvalue weighted by molar-refractivity contribution is -0.163. The van der Waals surface area contributed by atoms with Gasteiger partial charge in [0, 0.05) is 5.88 Å². The molecule has 1 aliphatic heterocycles. The van der Waals surface area contributed by atoms with Gasteiger partial charge in [0.15, 0.2) is 10.4 Å². The molecule has 0 aliphatic carbocycles. The molecule has 0 spiro atoms. The fourth-order valence-corrected chi connectivity index (χ4v) is 8.44. The van der Waals surface area contributed by atoms with Gasteiger partial charge in [-0.05, 0) is 39.6 Å². The largest absolute Gasteiger partial charge is 0.459 e. The number of alkyl halides is 1. The Morgan fingerprint density at radius 1 is 1.02 bits per heavy atom. The summed E-state index contributed by atoms with van der Waals surface area (Å²) in [5, 5.41) is 2.28. The van der Waals surface area contributed by atoms with Gasteiger partial charge in [-0.3, -0.25) is 9.59 Å². The van der Waals surface area contributed by atoms with Crippen LogP contribution in [0, 0.1) is 0 Å². The average Bonchev–Trinajstić information content (AvgIpc) is 3.42. The highest BCUT2D eigenvalue weighted by Crippen LogP contribution is 2.45. The second-order valence-corrected chi connectivity index (χ2v) is 13.1. The maximum absolute atomic E-state index is 13.5. The van der Waals surface area contributed by atoms with Crippen LogP contribution in [0.15, 0.2) is 101 Å². The number of halogens is 1. The first-order valence-electron chi connectivity index (χ1n) is 12.7. The van der Waals surface area contributed by atoms with E-state index in [0.29, 0.717) is 5.57 Å². The Bertz CT molecular complexity index is 1520. The predicted molar refractivity (Wildman–Crippen MR) is 166 cm³/mol. The SMILES string of the molecule is C=C(CCl)C(C(=O)OCc1ccccc1)N1C(=O)C(NC(=O)Cc2ccccc2)C1SSc1nc2ccccc2s1. The number of nitrogens with one attached hydrogen (secondary N) is 1. The predicted octanol–water partition coefficient (Wildman–Crippen LogP) is 5.84. The van der Waals surface area contributed by atoms with Gasteiger partial charge in [-0.1, -0.05) is 90.2 Å². The Kier molecular flexibility index (Phi) is 9.66. The quantitative estimate of drug-likeness (QED) is 0.0697. The van der Waals surface area contributed by atoms with Gasteiger partial charge in [0.05, 0.1) is 16.6 Å². The summed E-state index contributed by atoms with van der Waals surface area (Å²) in [7, 11) is 2.74. The zero-order chi connectivity index (χ0) is 28.8. The van der Waals surface area contributed by atoms with Gasteiger partial charge in [-0.2, -0.15) is 0 Å². The molecular weight excluding hydrogens is 598 g/mol. The molecule has 1 aromatic heterocycles. The lowest BCUT2D eigenvalue weighted by Gasteiger charge is -2.49. The Morgan fingerprint density at radius 3 is 2.37 bits per heavy atom. The average molecular weight is 624 g/mol. The summed E-state index contributed by atoms with van der Waals surface area (Å²) in [6.07, 6.45) is 0.129. The lowest BCUT2D eigenvalue weighted by Crippen LogP contribution is -2.73. The van der Waals surface area contributed by atoms with Crippen LogP contribution in [0.3, 0.4) is 0 Å². The van der Waals surface area contributed by atoms with E-state index in [1.807, 2.05) is 84.9 Å². The molecule has 41 heavy (non-hydrogen) atoms. The Labute approximate surface area is 254 Å². The van der Waals surface area contributed by atoms with Gasteiger partial charge in [-0.15, -0.1) is 22.9 Å². The third kappa shape index (κ3) is 6.95. The normalized spacial score (nSPS) is 17.1. The van der Waals surface area contributed by atoms with Gasteiger partial charge >= 0.3 is 5.97 Å². The fourth-order valence-electron chi connectivity index (χ4n) is 4.34. The molecule has 1 aliphatic rings. The molecule has 2 heterocycles. The Balaban J connectivity index is 1.35. The molecule has 210 valence electrons. The number of esters is 1. The molecule has 1 N–H and O–H groups in total. The maximum atomic E-state index is 13.5. The molecule has 0 radical (unpaired) electrons. The summed E-state index contributed by atoms with van der Waals surface area (Å²) < 4.78 is 7.44. The molecule has 3 aromatic carbocycles. The van der Waals surface area contributed by atoms with Gasteiger partial charge in [0.1, 0.15) is 18.0 Å². The van der Waals surface area contributed by atoms with Gasteiger partial charge in [0.2, 0.25) is 11.8 Å². The highest BCUT2D eigenvalue weighted by atomic mass is 35.5. The van der Waals surface area contributed by atoms with Crippen molar-refractivity contribution in [3.63, 3.8) is 0 Å². The fraction of sp³-hybridized carbons (Fsp3) is 0.200. The van der Waals surface area contributed by atoms with E-state index in [-0.39, 0.29) is 24.8 Å². The van der Waals surface area contributed by atoms with Crippen molar-refractivity contribution in [1.29, 1.82) is 0 Å². The van der Waals surface area contributed by atoms with Crippen molar-refractivity contribution in [3.05, 3.63) is 108 Å². The molecule has 1 fully saturated rings. The van der Waals surface area contributed by atoms with Crippen molar-refractivity contribution < 1.29 is 19.1 Å². The third-order valence-electron chi connectivity index (χ3n) is 6.38. The van der Waals surface area contributed by atoms with E-state index in [1.54, 1.807) is 0 Å². The number of carbonyl (C=O) groups is 3. The van der Waals surface area contributed by atoms with Crippen molar-refractivity contribution >= 4 is 72.5 Å². The van der Waals surface area contributed by atoms with Crippen LogP contribution in [0.1, 0.15) is 11.1 Å². The number of rotatable bonds is 12. The number of thiazole rings is 1. The van der Waals surface area contributed by atoms with Crippen molar-refractivity contribution in [2.45, 2.75) is 34.8 Å². The lowest BCUT2D eigenvalue weighted by atomic mass is 9.99. The highest BCUT2D eigenvalue weighted by molar-refractivity contribution is 8.77. The van der Waals surface area contributed by atoms with Crippen molar-refractivity contribution in [2.24, 2.45) is 0 Å². The molecular formula is C30H26ClN3O4S3. The minimum absolute atomic E-state index is 0.0394. The number of ether oxygens (including phenoxy) is 1. The van der Waals surface area contributed by atoms with Crippen molar-refractivity contribution in [3.8, 4) is 0 Å². The first-order valence-corrected chi connectivity index (χ1v) is 16.3. The van der Waals surface area contributed by atoms with Crippen LogP contribution in [0.5, 0.6) is 0 Å². The second-order valence-electron chi connectivity index (χ2n) is 9.26. The molecule has 1 saturated heterocycles. The molecule has 0 saturated carbocycles. The summed E-state index contributed by atoms with van der Waals surface area (Å²) in [4.78, 5) is 45.9. The number of likely N-dealkylation sites (tertiary alicyclic amines) is 1. The number of carbonyl (C=O) groups excluding carboxylic acids is 3. The molecule has 3 unspecified atom stereocenters. The minimum Gasteiger partial charge on any atom is -0.459 e. The van der Waals surface area contributed by atoms with Crippen LogP contribution in [0.25, 0.3) is 10.2 Å². The number of hydrogen-bond donors (Lipinski definition) is 1. The number of aromatic nitrogens is 1. The molecule has 7 nitrogen and oxygen atoms in total. The number of amides is 2. The number of para-hydroxylation sites is 1. The van der Waals surface area contributed by atoms with Gasteiger partial charge in [0.25, 0.3) is 0 Å². The van der Waals surface area contributed by atoms with E-state index in [1.165, 1.54) is 37.8 Å². The Hall–Kier alpha value is -3.31. The van der Waals surface area contributed by atoms with Crippen molar-refractivity contribution in [2.75, 3.05) is 5.88 Å². The molecule has 0 bridgehead atoms. The van der Waals surface area contributed by atoms with E-state index in [0.717, 1.165) is 25.7 Å². The summed E-state index contributed by atoms with van der Waals surface area (Å²) in [6, 6.07) is 24.5. The minimum atomic E-state index is -1.10.